The SMILES string of the molecule is CCOC(=O)CN.CCOC(=O)CNC(=O)C(CCC(=O)N(O)c1ccc2c(c1)SCN2)NC(=O)CN. The van der Waals surface area contributed by atoms with Gasteiger partial charge >= 0.3 is 11.9 Å². The van der Waals surface area contributed by atoms with Crippen LogP contribution in [0.1, 0.15) is 26.7 Å². The molecule has 3 amide bonds. The summed E-state index contributed by atoms with van der Waals surface area (Å²) < 4.78 is 9.15. The van der Waals surface area contributed by atoms with Crippen molar-refractivity contribution in [1.82, 2.24) is 10.6 Å². The van der Waals surface area contributed by atoms with Gasteiger partial charge in [-0.3, -0.25) is 29.2 Å². The van der Waals surface area contributed by atoms with Gasteiger partial charge in [0.2, 0.25) is 11.8 Å². The number of nitrogens with zero attached hydrogens (tertiary/aromatic N) is 1. The van der Waals surface area contributed by atoms with E-state index in [0.717, 1.165) is 10.6 Å². The molecule has 2 rings (SSSR count). The number of ether oxygens (including phenoxy) is 2. The van der Waals surface area contributed by atoms with Crippen molar-refractivity contribution < 1.29 is 38.7 Å². The van der Waals surface area contributed by atoms with Crippen molar-refractivity contribution in [3.8, 4) is 0 Å². The van der Waals surface area contributed by atoms with E-state index in [0.29, 0.717) is 23.2 Å². The van der Waals surface area contributed by atoms with Crippen LogP contribution in [0.4, 0.5) is 11.4 Å². The van der Waals surface area contributed by atoms with Crippen LogP contribution in [-0.4, -0.2) is 79.6 Å². The minimum Gasteiger partial charge on any atom is -0.465 e. The maximum Gasteiger partial charge on any atom is 0.325 e. The molecule has 1 aliphatic rings. The number of thioether (sulfide) groups is 1. The van der Waals surface area contributed by atoms with Crippen LogP contribution in [0.25, 0.3) is 0 Å². The van der Waals surface area contributed by atoms with E-state index in [-0.39, 0.29) is 45.1 Å². The Morgan fingerprint density at radius 2 is 1.78 bits per heavy atom. The highest BCUT2D eigenvalue weighted by atomic mass is 32.2. The van der Waals surface area contributed by atoms with Crippen molar-refractivity contribution in [1.29, 1.82) is 0 Å². The van der Waals surface area contributed by atoms with E-state index in [9.17, 15) is 29.2 Å². The van der Waals surface area contributed by atoms with Crippen LogP contribution < -0.4 is 32.5 Å². The van der Waals surface area contributed by atoms with Crippen LogP contribution in [0.2, 0.25) is 0 Å². The normalized spacial score (nSPS) is 12.0. The van der Waals surface area contributed by atoms with Gasteiger partial charge in [0.25, 0.3) is 5.91 Å². The van der Waals surface area contributed by atoms with Gasteiger partial charge in [0.15, 0.2) is 0 Å². The average Bonchev–Trinajstić information content (AvgIpc) is 3.37. The molecule has 8 N–H and O–H groups in total. The highest BCUT2D eigenvalue weighted by Crippen LogP contribution is 2.36. The lowest BCUT2D eigenvalue weighted by Gasteiger charge is -2.20. The van der Waals surface area contributed by atoms with E-state index in [1.165, 1.54) is 0 Å². The van der Waals surface area contributed by atoms with Crippen molar-refractivity contribution in [3.05, 3.63) is 18.2 Å². The Balaban J connectivity index is 0.000000856. The zero-order chi connectivity index (χ0) is 27.8. The maximum atomic E-state index is 12.4. The maximum absolute atomic E-state index is 12.4. The lowest BCUT2D eigenvalue weighted by Crippen LogP contribution is -2.50. The molecule has 1 atom stereocenters. The van der Waals surface area contributed by atoms with Crippen LogP contribution in [-0.2, 0) is 33.4 Å². The third-order valence-corrected chi connectivity index (χ3v) is 5.54. The Labute approximate surface area is 218 Å². The van der Waals surface area contributed by atoms with E-state index in [2.05, 4.69) is 20.7 Å². The van der Waals surface area contributed by atoms with Gasteiger partial charge < -0.3 is 36.9 Å². The standard InChI is InChI=1S/C18H25N5O6S.C4H9NO2/c1-2-29-17(26)9-20-18(27)13(22-15(24)8-19)5-6-16(25)23(28)11-3-4-12-14(7-11)30-10-21-12;1-2-7-4(6)3-5/h3-4,7,13,21,28H,2,5-6,8-10,19H2,1H3,(H,20,27)(H,22,24);2-3,5H2,1H3. The molecular weight excluding hydrogens is 508 g/mol. The van der Waals surface area contributed by atoms with Crippen LogP contribution in [0.5, 0.6) is 0 Å². The molecule has 37 heavy (non-hydrogen) atoms. The second-order valence-corrected chi connectivity index (χ2v) is 8.26. The van der Waals surface area contributed by atoms with Crippen LogP contribution in [0, 0.1) is 0 Å². The number of esters is 2. The summed E-state index contributed by atoms with van der Waals surface area (Å²) in [4.78, 5) is 58.7. The summed E-state index contributed by atoms with van der Waals surface area (Å²) in [6.45, 7) is 3.22. The number of carbonyl (C=O) groups is 5. The summed E-state index contributed by atoms with van der Waals surface area (Å²) in [5, 5.41) is 18.6. The molecular formula is C22H34N6O8S. The van der Waals surface area contributed by atoms with Crippen molar-refractivity contribution in [2.75, 3.05) is 49.1 Å². The van der Waals surface area contributed by atoms with Gasteiger partial charge in [-0.1, -0.05) is 0 Å². The Kier molecular flexibility index (Phi) is 14.6. The molecule has 0 spiro atoms. The van der Waals surface area contributed by atoms with Gasteiger partial charge in [-0.25, -0.2) is 0 Å². The van der Waals surface area contributed by atoms with Crippen molar-refractivity contribution in [2.24, 2.45) is 11.5 Å². The lowest BCUT2D eigenvalue weighted by molar-refractivity contribution is -0.143. The first-order valence-corrected chi connectivity index (χ1v) is 12.5. The highest BCUT2D eigenvalue weighted by Gasteiger charge is 2.24. The number of amides is 3. The Morgan fingerprint density at radius 3 is 2.38 bits per heavy atom. The van der Waals surface area contributed by atoms with Gasteiger partial charge in [-0.2, -0.15) is 5.06 Å². The first-order valence-electron chi connectivity index (χ1n) is 11.5. The van der Waals surface area contributed by atoms with Crippen molar-refractivity contribution in [3.63, 3.8) is 0 Å². The minimum atomic E-state index is -1.10. The number of hydrogen-bond acceptors (Lipinski definition) is 12. The molecule has 0 radical (unpaired) electrons. The number of hydroxylamine groups is 1. The molecule has 1 aromatic carbocycles. The topological polar surface area (TPSA) is 215 Å². The van der Waals surface area contributed by atoms with E-state index in [4.69, 9.17) is 16.2 Å². The number of nitrogens with one attached hydrogen (secondary N) is 3. The number of rotatable bonds is 12. The molecule has 0 saturated heterocycles. The van der Waals surface area contributed by atoms with E-state index >= 15 is 0 Å². The highest BCUT2D eigenvalue weighted by molar-refractivity contribution is 7.99. The number of anilines is 2. The van der Waals surface area contributed by atoms with Crippen LogP contribution in [0.15, 0.2) is 23.1 Å². The summed E-state index contributed by atoms with van der Waals surface area (Å²) in [5.74, 6) is -2.18. The molecule has 206 valence electrons. The number of fused-ring (bicyclic) bond motifs is 1. The third-order valence-electron chi connectivity index (χ3n) is 4.60. The number of hydrogen-bond donors (Lipinski definition) is 6. The Bertz CT molecular complexity index is 948. The Morgan fingerprint density at radius 1 is 1.11 bits per heavy atom. The second kappa shape index (κ2) is 17.1. The van der Waals surface area contributed by atoms with Gasteiger partial charge in [0.05, 0.1) is 37.9 Å². The summed E-state index contributed by atoms with van der Waals surface area (Å²) in [6.07, 6.45) is -0.334. The first-order chi connectivity index (χ1) is 17.7. The fraction of sp³-hybridized carbons (Fsp3) is 0.500. The molecule has 1 aromatic rings. The molecule has 1 heterocycles. The van der Waals surface area contributed by atoms with E-state index in [1.54, 1.807) is 43.8 Å². The zero-order valence-corrected chi connectivity index (χ0v) is 21.6. The Hall–Kier alpha value is -3.40. The molecule has 0 saturated carbocycles. The number of carbonyl (C=O) groups excluding carboxylic acids is 5. The second-order valence-electron chi connectivity index (χ2n) is 7.25. The fourth-order valence-corrected chi connectivity index (χ4v) is 3.74. The molecule has 0 aliphatic carbocycles. The van der Waals surface area contributed by atoms with Crippen LogP contribution >= 0.6 is 11.8 Å². The summed E-state index contributed by atoms with van der Waals surface area (Å²) in [7, 11) is 0. The van der Waals surface area contributed by atoms with Gasteiger partial charge in [0.1, 0.15) is 12.6 Å². The van der Waals surface area contributed by atoms with Gasteiger partial charge in [-0.15, -0.1) is 11.8 Å². The third kappa shape index (κ3) is 11.5. The minimum absolute atomic E-state index is 0.0200. The molecule has 0 aromatic heterocycles. The molecule has 0 bridgehead atoms. The molecule has 1 aliphatic heterocycles. The molecule has 0 fully saturated rings. The van der Waals surface area contributed by atoms with Crippen LogP contribution in [0.3, 0.4) is 0 Å². The fourth-order valence-electron chi connectivity index (χ4n) is 2.85. The zero-order valence-electron chi connectivity index (χ0n) is 20.8. The molecule has 1 unspecified atom stereocenters. The van der Waals surface area contributed by atoms with E-state index in [1.807, 2.05) is 0 Å². The van der Waals surface area contributed by atoms with Crippen molar-refractivity contribution in [2.45, 2.75) is 37.6 Å². The quantitative estimate of drug-likeness (QED) is 0.110. The van der Waals surface area contributed by atoms with Gasteiger partial charge in [0, 0.05) is 17.0 Å². The predicted molar refractivity (Wildman–Crippen MR) is 136 cm³/mol. The summed E-state index contributed by atoms with van der Waals surface area (Å²) >= 11 is 1.54. The average molecular weight is 543 g/mol. The monoisotopic (exact) mass is 542 g/mol. The lowest BCUT2D eigenvalue weighted by atomic mass is 10.1. The van der Waals surface area contributed by atoms with Crippen molar-refractivity contribution >= 4 is 52.8 Å². The van der Waals surface area contributed by atoms with E-state index < -0.39 is 29.7 Å². The largest absolute Gasteiger partial charge is 0.465 e. The predicted octanol–water partition coefficient (Wildman–Crippen LogP) is -0.705. The smallest absolute Gasteiger partial charge is 0.325 e. The van der Waals surface area contributed by atoms with Gasteiger partial charge in [-0.05, 0) is 38.5 Å². The first kappa shape index (κ1) is 31.6. The molecule has 14 nitrogen and oxygen atoms in total. The number of benzene rings is 1. The molecule has 15 heteroatoms. The summed E-state index contributed by atoms with van der Waals surface area (Å²) in [5.41, 5.74) is 11.4. The summed E-state index contributed by atoms with van der Waals surface area (Å²) in [6, 6.07) is 3.92. The number of nitrogens with two attached hydrogens (primary N) is 2.